The molecule has 0 radical (unpaired) electrons. The van der Waals surface area contributed by atoms with Crippen LogP contribution in [-0.2, 0) is 4.79 Å². The fourth-order valence-electron chi connectivity index (χ4n) is 3.79. The number of rotatable bonds is 5. The second kappa shape index (κ2) is 7.68. The molecule has 1 aromatic heterocycles. The van der Waals surface area contributed by atoms with Crippen molar-refractivity contribution >= 4 is 44.2 Å². The minimum Gasteiger partial charge on any atom is -0.385 e. The predicted molar refractivity (Wildman–Crippen MR) is 104 cm³/mol. The molecule has 2 aromatic rings. The Bertz CT molecular complexity index is 791. The van der Waals surface area contributed by atoms with Crippen molar-refractivity contribution in [2.24, 2.45) is 0 Å². The summed E-state index contributed by atoms with van der Waals surface area (Å²) in [4.78, 5) is 21.9. The fraction of sp³-hybridized carbons (Fsp3) is 0.556. The fourth-order valence-corrected chi connectivity index (χ4v) is 5.08. The molecular weight excluding hydrogens is 372 g/mol. The molecule has 2 aliphatic heterocycles. The Morgan fingerprint density at radius 3 is 2.85 bits per heavy atom. The van der Waals surface area contributed by atoms with E-state index < -0.39 is 6.10 Å². The van der Waals surface area contributed by atoms with Gasteiger partial charge in [-0.25, -0.2) is 4.98 Å². The van der Waals surface area contributed by atoms with Gasteiger partial charge in [-0.15, -0.1) is 0 Å². The number of fused-ring (bicyclic) bond motifs is 1. The SMILES string of the molecule is O=C1CCCN1C[C@H](O)C[NH+]1CCN(c2nc3ccc(Cl)cc3s2)CC1. The van der Waals surface area contributed by atoms with Crippen LogP contribution in [0.5, 0.6) is 0 Å². The van der Waals surface area contributed by atoms with Crippen molar-refractivity contribution in [3.05, 3.63) is 23.2 Å². The minimum absolute atomic E-state index is 0.180. The number of halogens is 1. The highest BCUT2D eigenvalue weighted by Crippen LogP contribution is 2.30. The number of anilines is 1. The molecule has 3 heterocycles. The van der Waals surface area contributed by atoms with Crippen LogP contribution in [0.3, 0.4) is 0 Å². The van der Waals surface area contributed by atoms with E-state index in [9.17, 15) is 9.90 Å². The van der Waals surface area contributed by atoms with Crippen molar-refractivity contribution in [3.8, 4) is 0 Å². The first-order valence-electron chi connectivity index (χ1n) is 9.19. The van der Waals surface area contributed by atoms with Crippen LogP contribution in [0.15, 0.2) is 18.2 Å². The van der Waals surface area contributed by atoms with Gasteiger partial charge in [-0.2, -0.15) is 0 Å². The smallest absolute Gasteiger partial charge is 0.222 e. The lowest BCUT2D eigenvalue weighted by atomic mass is 10.2. The number of benzene rings is 1. The molecule has 2 N–H and O–H groups in total. The second-order valence-corrected chi connectivity index (χ2v) is 8.59. The molecule has 1 aromatic carbocycles. The Hall–Kier alpha value is -1.41. The molecule has 0 bridgehead atoms. The zero-order valence-corrected chi connectivity index (χ0v) is 16.2. The molecule has 0 saturated carbocycles. The summed E-state index contributed by atoms with van der Waals surface area (Å²) in [6.45, 7) is 5.78. The third-order valence-corrected chi connectivity index (χ3v) is 6.52. The van der Waals surface area contributed by atoms with Crippen molar-refractivity contribution in [2.75, 3.05) is 50.7 Å². The molecule has 0 unspecified atom stereocenters. The number of piperazine rings is 1. The number of thiazole rings is 1. The lowest BCUT2D eigenvalue weighted by molar-refractivity contribution is -0.903. The maximum absolute atomic E-state index is 11.7. The van der Waals surface area contributed by atoms with Crippen molar-refractivity contribution in [3.63, 3.8) is 0 Å². The minimum atomic E-state index is -0.441. The lowest BCUT2D eigenvalue weighted by Crippen LogP contribution is -3.16. The number of aromatic nitrogens is 1. The molecule has 2 saturated heterocycles. The highest BCUT2D eigenvalue weighted by atomic mass is 35.5. The zero-order valence-electron chi connectivity index (χ0n) is 14.7. The maximum atomic E-state index is 11.7. The number of carbonyl (C=O) groups excluding carboxylic acids is 1. The highest BCUT2D eigenvalue weighted by molar-refractivity contribution is 7.22. The maximum Gasteiger partial charge on any atom is 0.222 e. The van der Waals surface area contributed by atoms with Gasteiger partial charge >= 0.3 is 0 Å². The van der Waals surface area contributed by atoms with Crippen molar-refractivity contribution < 1.29 is 14.8 Å². The van der Waals surface area contributed by atoms with E-state index in [1.165, 1.54) is 4.90 Å². The highest BCUT2D eigenvalue weighted by Gasteiger charge is 2.27. The molecule has 4 rings (SSSR count). The van der Waals surface area contributed by atoms with Gasteiger partial charge < -0.3 is 19.8 Å². The number of carbonyl (C=O) groups is 1. The Labute approximate surface area is 162 Å². The average molecular weight is 396 g/mol. The quantitative estimate of drug-likeness (QED) is 0.780. The van der Waals surface area contributed by atoms with Crippen LogP contribution >= 0.6 is 22.9 Å². The summed E-state index contributed by atoms with van der Waals surface area (Å²) < 4.78 is 1.12. The van der Waals surface area contributed by atoms with Gasteiger partial charge in [0, 0.05) is 18.0 Å². The van der Waals surface area contributed by atoms with Gasteiger partial charge in [0.2, 0.25) is 5.91 Å². The number of aliphatic hydroxyl groups is 1. The van der Waals surface area contributed by atoms with Gasteiger partial charge in [0.05, 0.1) is 42.9 Å². The molecule has 26 heavy (non-hydrogen) atoms. The molecule has 8 heteroatoms. The molecule has 2 aliphatic rings. The standard InChI is InChI=1S/C18H23ClN4O2S/c19-13-3-4-15-16(10-13)26-18(20-15)22-8-6-21(7-9-22)11-14(24)12-23-5-1-2-17(23)25/h3-4,10,14,24H,1-2,5-9,11-12H2/p+1/t14-/m1/s1. The molecule has 140 valence electrons. The molecule has 1 amide bonds. The van der Waals surface area contributed by atoms with E-state index in [0.29, 0.717) is 19.5 Å². The van der Waals surface area contributed by atoms with Crippen LogP contribution in [0.4, 0.5) is 5.13 Å². The van der Waals surface area contributed by atoms with Gasteiger partial charge in [0.1, 0.15) is 12.6 Å². The summed E-state index contributed by atoms with van der Waals surface area (Å²) >= 11 is 7.75. The summed E-state index contributed by atoms with van der Waals surface area (Å²) in [5, 5.41) is 12.1. The zero-order chi connectivity index (χ0) is 18.1. The first-order chi connectivity index (χ1) is 12.6. The van der Waals surface area contributed by atoms with Crippen molar-refractivity contribution in [1.29, 1.82) is 0 Å². The summed E-state index contributed by atoms with van der Waals surface area (Å²) in [6.07, 6.45) is 1.11. The second-order valence-electron chi connectivity index (χ2n) is 7.15. The third kappa shape index (κ3) is 3.96. The first-order valence-corrected chi connectivity index (χ1v) is 10.4. The van der Waals surface area contributed by atoms with E-state index >= 15 is 0 Å². The van der Waals surface area contributed by atoms with Crippen LogP contribution < -0.4 is 9.80 Å². The third-order valence-electron chi connectivity index (χ3n) is 5.21. The van der Waals surface area contributed by atoms with Crippen LogP contribution in [0, 0.1) is 0 Å². The van der Waals surface area contributed by atoms with Crippen molar-refractivity contribution in [2.45, 2.75) is 18.9 Å². The summed E-state index contributed by atoms with van der Waals surface area (Å²) in [7, 11) is 0. The van der Waals surface area contributed by atoms with Gasteiger partial charge in [-0.05, 0) is 24.6 Å². The van der Waals surface area contributed by atoms with Gasteiger partial charge in [-0.3, -0.25) is 4.79 Å². The summed E-state index contributed by atoms with van der Waals surface area (Å²) in [6, 6.07) is 5.81. The van der Waals surface area contributed by atoms with E-state index in [1.54, 1.807) is 16.2 Å². The average Bonchev–Trinajstić information content (AvgIpc) is 3.21. The Balaban J connectivity index is 1.29. The Morgan fingerprint density at radius 2 is 2.12 bits per heavy atom. The number of hydrogen-bond acceptors (Lipinski definition) is 5. The molecular formula is C18H24ClN4O2S+. The molecule has 0 aliphatic carbocycles. The molecule has 6 nitrogen and oxygen atoms in total. The number of quaternary nitrogens is 1. The number of nitrogens with zero attached hydrogens (tertiary/aromatic N) is 3. The van der Waals surface area contributed by atoms with Crippen LogP contribution in [0.25, 0.3) is 10.2 Å². The van der Waals surface area contributed by atoms with E-state index in [2.05, 4.69) is 4.90 Å². The Morgan fingerprint density at radius 1 is 1.31 bits per heavy atom. The predicted octanol–water partition coefficient (Wildman–Crippen LogP) is 0.638. The Kier molecular flexibility index (Phi) is 5.31. The van der Waals surface area contributed by atoms with Crippen molar-refractivity contribution in [1.82, 2.24) is 9.88 Å². The van der Waals surface area contributed by atoms with Gasteiger partial charge in [-0.1, -0.05) is 22.9 Å². The number of hydrogen-bond donors (Lipinski definition) is 2. The first kappa shape index (κ1) is 18.0. The normalized spacial score (nSPS) is 20.3. The molecule has 2 fully saturated rings. The number of amides is 1. The molecule has 1 atom stereocenters. The lowest BCUT2D eigenvalue weighted by Gasteiger charge is -2.33. The van der Waals surface area contributed by atoms with E-state index in [-0.39, 0.29) is 5.91 Å². The number of β-amino-alcohol motifs (C(OH)–C–C–N with tert-alkyl or cyclic N) is 1. The summed E-state index contributed by atoms with van der Waals surface area (Å²) in [5.74, 6) is 0.180. The topological polar surface area (TPSA) is 61.1 Å². The summed E-state index contributed by atoms with van der Waals surface area (Å²) in [5.41, 5.74) is 0.995. The number of likely N-dealkylation sites (tertiary alicyclic amines) is 1. The van der Waals surface area contributed by atoms with Gasteiger partial charge in [0.15, 0.2) is 5.13 Å². The van der Waals surface area contributed by atoms with Crippen LogP contribution in [0.2, 0.25) is 5.02 Å². The van der Waals surface area contributed by atoms with Crippen LogP contribution in [0.1, 0.15) is 12.8 Å². The van der Waals surface area contributed by atoms with Crippen LogP contribution in [-0.4, -0.2) is 72.8 Å². The van der Waals surface area contributed by atoms with Gasteiger partial charge in [0.25, 0.3) is 0 Å². The monoisotopic (exact) mass is 395 g/mol. The number of aliphatic hydroxyl groups excluding tert-OH is 1. The largest absolute Gasteiger partial charge is 0.385 e. The molecule has 0 spiro atoms. The number of nitrogens with one attached hydrogen (secondary N) is 1. The van der Waals surface area contributed by atoms with E-state index in [1.807, 2.05) is 18.2 Å². The van der Waals surface area contributed by atoms with E-state index in [4.69, 9.17) is 16.6 Å². The van der Waals surface area contributed by atoms with E-state index in [0.717, 1.165) is 59.5 Å².